The van der Waals surface area contributed by atoms with Gasteiger partial charge in [0.25, 0.3) is 0 Å². The number of ether oxygens (including phenoxy) is 1. The first-order valence-electron chi connectivity index (χ1n) is 6.12. The van der Waals surface area contributed by atoms with Crippen LogP contribution in [0.4, 0.5) is 5.69 Å². The van der Waals surface area contributed by atoms with Gasteiger partial charge in [-0.2, -0.15) is 0 Å². The molecule has 0 aromatic heterocycles. The van der Waals surface area contributed by atoms with Crippen molar-refractivity contribution in [3.05, 3.63) is 20.6 Å². The van der Waals surface area contributed by atoms with E-state index in [1.54, 1.807) is 13.2 Å². The molecule has 2 rings (SSSR count). The number of hydrogen-bond donors (Lipinski definition) is 2. The number of benzene rings is 1. The van der Waals surface area contributed by atoms with Gasteiger partial charge in [-0.1, -0.05) is 15.9 Å². The summed E-state index contributed by atoms with van der Waals surface area (Å²) in [7, 11) is 1.57. The van der Waals surface area contributed by atoms with Gasteiger partial charge in [0.1, 0.15) is 10.1 Å². The molecule has 1 aliphatic rings. The van der Waals surface area contributed by atoms with Gasteiger partial charge in [0.15, 0.2) is 0 Å². The number of hydrogen-bond acceptors (Lipinski definition) is 3. The lowest BCUT2D eigenvalue weighted by atomic mass is 9.96. The zero-order chi connectivity index (χ0) is 15.8. The van der Waals surface area contributed by atoms with Crippen LogP contribution >= 0.6 is 47.8 Å². The maximum atomic E-state index is 12.4. The summed E-state index contributed by atoms with van der Waals surface area (Å²) in [6.45, 7) is 1.83. The van der Waals surface area contributed by atoms with Crippen LogP contribution in [-0.4, -0.2) is 25.5 Å². The van der Waals surface area contributed by atoms with Gasteiger partial charge >= 0.3 is 0 Å². The van der Waals surface area contributed by atoms with E-state index >= 15 is 0 Å². The Hall–Kier alpha value is -0.600. The van der Waals surface area contributed by atoms with Crippen molar-refractivity contribution in [3.63, 3.8) is 0 Å². The minimum atomic E-state index is -0.916. The van der Waals surface area contributed by atoms with Crippen LogP contribution in [0.3, 0.4) is 0 Å². The Bertz CT molecular complexity index is 621. The summed E-state index contributed by atoms with van der Waals surface area (Å²) in [4.78, 5) is 23.4. The molecule has 1 heterocycles. The number of alkyl halides is 1. The normalized spacial score (nSPS) is 20.0. The van der Waals surface area contributed by atoms with E-state index < -0.39 is 4.32 Å². The molecule has 5 nitrogen and oxygen atoms in total. The first-order valence-corrected chi connectivity index (χ1v) is 8.50. The minimum Gasteiger partial charge on any atom is -0.496 e. The van der Waals surface area contributed by atoms with Gasteiger partial charge in [-0.25, -0.2) is 0 Å². The van der Waals surface area contributed by atoms with Gasteiger partial charge in [-0.05, 0) is 44.3 Å². The highest BCUT2D eigenvalue weighted by Gasteiger charge is 2.47. The SMILES string of the molecule is COc1cc(Br)c2c(c1Br)C(Br)(CCNC(C)=O)C(=O)N2. The van der Waals surface area contributed by atoms with Crippen LogP contribution < -0.4 is 15.4 Å². The van der Waals surface area contributed by atoms with E-state index in [1.807, 2.05) is 0 Å². The quantitative estimate of drug-likeness (QED) is 0.644. The molecule has 1 aromatic carbocycles. The van der Waals surface area contributed by atoms with Crippen LogP contribution in [-0.2, 0) is 13.9 Å². The number of amides is 2. The van der Waals surface area contributed by atoms with Crippen LogP contribution in [0.1, 0.15) is 18.9 Å². The smallest absolute Gasteiger partial charge is 0.246 e. The highest BCUT2D eigenvalue weighted by atomic mass is 79.9. The Morgan fingerprint density at radius 1 is 1.48 bits per heavy atom. The number of nitrogens with one attached hydrogen (secondary N) is 2. The molecule has 8 heteroatoms. The number of anilines is 1. The Kier molecular flexibility index (Phi) is 4.99. The molecular formula is C13H13Br3N2O3. The predicted molar refractivity (Wildman–Crippen MR) is 90.9 cm³/mol. The fraction of sp³-hybridized carbons (Fsp3) is 0.385. The molecule has 2 N–H and O–H groups in total. The summed E-state index contributed by atoms with van der Waals surface area (Å²) >= 11 is 10.5. The summed E-state index contributed by atoms with van der Waals surface area (Å²) in [5, 5.41) is 5.56. The zero-order valence-electron chi connectivity index (χ0n) is 11.4. The molecule has 2 amide bonds. The van der Waals surface area contributed by atoms with E-state index in [-0.39, 0.29) is 11.8 Å². The first kappa shape index (κ1) is 16.8. The lowest BCUT2D eigenvalue weighted by molar-refractivity contribution is -0.120. The highest BCUT2D eigenvalue weighted by Crippen LogP contribution is 2.53. The van der Waals surface area contributed by atoms with E-state index in [2.05, 4.69) is 58.4 Å². The monoisotopic (exact) mass is 482 g/mol. The van der Waals surface area contributed by atoms with Crippen molar-refractivity contribution >= 4 is 65.3 Å². The van der Waals surface area contributed by atoms with Crippen molar-refractivity contribution in [1.82, 2.24) is 5.32 Å². The molecular weight excluding hydrogens is 472 g/mol. The summed E-state index contributed by atoms with van der Waals surface area (Å²) in [6.07, 6.45) is 0.420. The van der Waals surface area contributed by atoms with Crippen molar-refractivity contribution in [1.29, 1.82) is 0 Å². The van der Waals surface area contributed by atoms with Crippen LogP contribution in [0.2, 0.25) is 0 Å². The maximum Gasteiger partial charge on any atom is 0.246 e. The number of carbonyl (C=O) groups is 2. The lowest BCUT2D eigenvalue weighted by Crippen LogP contribution is -2.33. The number of halogens is 3. The Morgan fingerprint density at radius 3 is 2.71 bits per heavy atom. The summed E-state index contributed by atoms with van der Waals surface area (Å²) in [5.74, 6) is 0.327. The van der Waals surface area contributed by atoms with Crippen molar-refractivity contribution in [3.8, 4) is 5.75 Å². The molecule has 114 valence electrons. The summed E-state index contributed by atoms with van der Waals surface area (Å²) in [6, 6.07) is 1.79. The number of carbonyl (C=O) groups excluding carboxylic acids is 2. The second kappa shape index (κ2) is 6.26. The fourth-order valence-corrected chi connectivity index (χ4v) is 4.50. The molecule has 0 aliphatic carbocycles. The Labute approximate surface area is 147 Å². The molecule has 0 saturated carbocycles. The zero-order valence-corrected chi connectivity index (χ0v) is 16.1. The molecule has 0 fully saturated rings. The largest absolute Gasteiger partial charge is 0.496 e. The lowest BCUT2D eigenvalue weighted by Gasteiger charge is -2.22. The maximum absolute atomic E-state index is 12.4. The molecule has 1 aliphatic heterocycles. The van der Waals surface area contributed by atoms with Gasteiger partial charge in [0.05, 0.1) is 17.3 Å². The number of methoxy groups -OCH3 is 1. The topological polar surface area (TPSA) is 67.4 Å². The molecule has 21 heavy (non-hydrogen) atoms. The van der Waals surface area contributed by atoms with Gasteiger partial charge in [0, 0.05) is 23.5 Å². The van der Waals surface area contributed by atoms with E-state index in [4.69, 9.17) is 4.74 Å². The average Bonchev–Trinajstić information content (AvgIpc) is 2.67. The molecule has 0 saturated heterocycles. The van der Waals surface area contributed by atoms with E-state index in [9.17, 15) is 9.59 Å². The standard InChI is InChI=1S/C13H13Br3N2O3/c1-6(19)17-4-3-13(16)9-10(15)8(21-2)5-7(14)11(9)18-12(13)20/h5H,3-4H2,1-2H3,(H,17,19)(H,18,20). The van der Waals surface area contributed by atoms with Crippen LogP contribution in [0.15, 0.2) is 15.0 Å². The van der Waals surface area contributed by atoms with Gasteiger partial charge in [0.2, 0.25) is 11.8 Å². The van der Waals surface area contributed by atoms with Gasteiger partial charge < -0.3 is 15.4 Å². The van der Waals surface area contributed by atoms with Crippen molar-refractivity contribution in [2.45, 2.75) is 17.7 Å². The third-order valence-corrected chi connectivity index (χ3v) is 5.81. The van der Waals surface area contributed by atoms with Crippen molar-refractivity contribution in [2.75, 3.05) is 19.0 Å². The molecule has 1 unspecified atom stereocenters. The van der Waals surface area contributed by atoms with Crippen molar-refractivity contribution < 1.29 is 14.3 Å². The second-order valence-electron chi connectivity index (χ2n) is 4.61. The Morgan fingerprint density at radius 2 is 2.14 bits per heavy atom. The summed E-state index contributed by atoms with van der Waals surface area (Å²) in [5.41, 5.74) is 1.47. The minimum absolute atomic E-state index is 0.129. The van der Waals surface area contributed by atoms with Crippen LogP contribution in [0.5, 0.6) is 5.75 Å². The van der Waals surface area contributed by atoms with Crippen LogP contribution in [0.25, 0.3) is 0 Å². The molecule has 0 spiro atoms. The average molecular weight is 485 g/mol. The second-order valence-corrected chi connectivity index (χ2v) is 7.61. The summed E-state index contributed by atoms with van der Waals surface area (Å²) < 4.78 is 5.85. The predicted octanol–water partition coefficient (Wildman–Crippen LogP) is 3.29. The third-order valence-electron chi connectivity index (χ3n) is 3.24. The van der Waals surface area contributed by atoms with Crippen LogP contribution in [0, 0.1) is 0 Å². The molecule has 0 bridgehead atoms. The third kappa shape index (κ3) is 2.98. The highest BCUT2D eigenvalue weighted by molar-refractivity contribution is 9.11. The van der Waals surface area contributed by atoms with E-state index in [1.165, 1.54) is 6.92 Å². The van der Waals surface area contributed by atoms with Crippen molar-refractivity contribution in [2.24, 2.45) is 0 Å². The van der Waals surface area contributed by atoms with E-state index in [0.29, 0.717) is 28.9 Å². The number of rotatable bonds is 4. The van der Waals surface area contributed by atoms with E-state index in [0.717, 1.165) is 10.0 Å². The van der Waals surface area contributed by atoms with Gasteiger partial charge in [-0.15, -0.1) is 0 Å². The molecule has 0 radical (unpaired) electrons. The van der Waals surface area contributed by atoms with Gasteiger partial charge in [-0.3, -0.25) is 9.59 Å². The molecule has 1 aromatic rings. The molecule has 1 atom stereocenters. The number of fused-ring (bicyclic) bond motifs is 1. The first-order chi connectivity index (χ1) is 9.81. The fourth-order valence-electron chi connectivity index (χ4n) is 2.22. The Balaban J connectivity index is 2.45.